The molecule has 3 fully saturated rings. The van der Waals surface area contributed by atoms with Gasteiger partial charge >= 0.3 is 5.97 Å². The number of aryl methyl sites for hydroxylation is 1. The molecule has 33 nitrogen and oxygen atoms in total. The van der Waals surface area contributed by atoms with Crippen molar-refractivity contribution in [3.8, 4) is 0 Å². The topological polar surface area (TPSA) is 493 Å². The minimum absolute atomic E-state index is 0.0252. The molecule has 14 atom stereocenters. The maximum absolute atomic E-state index is 15.2. The molecule has 33 heteroatoms. The number of allylic oxidation sites excluding steroid dienone is 2. The fraction of sp³-hybridized carbons (Fsp3) is 0.583. The van der Waals surface area contributed by atoms with Gasteiger partial charge in [-0.15, -0.1) is 0 Å². The Labute approximate surface area is 610 Å². The number of nitrogens with zero attached hydrogens (tertiary/aromatic N) is 3. The van der Waals surface area contributed by atoms with E-state index in [0.29, 0.717) is 11.1 Å². The predicted molar refractivity (Wildman–Crippen MR) is 378 cm³/mol. The quantitative estimate of drug-likeness (QED) is 0.0420. The monoisotopic (exact) mass is 1470 g/mol. The highest BCUT2D eigenvalue weighted by molar-refractivity contribution is 6.04. The molecule has 0 bridgehead atoms. The van der Waals surface area contributed by atoms with Crippen LogP contribution in [-0.2, 0) is 84.7 Å². The number of rotatable bonds is 22. The van der Waals surface area contributed by atoms with Crippen LogP contribution in [0.2, 0.25) is 0 Å². The van der Waals surface area contributed by atoms with E-state index in [0.717, 1.165) is 33.8 Å². The van der Waals surface area contributed by atoms with Gasteiger partial charge in [-0.3, -0.25) is 62.3 Å². The molecule has 3 saturated heterocycles. The second-order valence-corrected chi connectivity index (χ2v) is 27.5. The zero-order valence-corrected chi connectivity index (χ0v) is 61.0. The van der Waals surface area contributed by atoms with Gasteiger partial charge in [0.25, 0.3) is 17.7 Å². The van der Waals surface area contributed by atoms with Crippen LogP contribution in [0.3, 0.4) is 0 Å². The number of aliphatic hydroxyl groups is 5. The molecule has 0 aromatic heterocycles. The number of benzene rings is 2. The normalized spacial score (nSPS) is 25.1. The van der Waals surface area contributed by atoms with Crippen molar-refractivity contribution in [2.45, 2.75) is 224 Å². The lowest BCUT2D eigenvalue weighted by atomic mass is 9.93. The summed E-state index contributed by atoms with van der Waals surface area (Å²) in [5.41, 5.74) is 5.74. The minimum atomic E-state index is -2.48. The molecule has 0 aliphatic carbocycles. The molecule has 16 N–H and O–H groups in total. The lowest BCUT2D eigenvalue weighted by Gasteiger charge is -2.34. The summed E-state index contributed by atoms with van der Waals surface area (Å²) in [5.74, 6) is -14.5. The smallest absolute Gasteiger partial charge is 0.329 e. The average Bonchev–Trinajstić information content (AvgIpc) is 1.77. The number of carbonyl (C=O) groups excluding carboxylic acids is 14. The Morgan fingerprint density at radius 3 is 1.70 bits per heavy atom. The van der Waals surface area contributed by atoms with Gasteiger partial charge < -0.3 is 98.6 Å². The van der Waals surface area contributed by atoms with Gasteiger partial charge in [-0.25, -0.2) is 4.79 Å². The average molecular weight is 1470 g/mol. The van der Waals surface area contributed by atoms with Gasteiger partial charge in [-0.2, -0.15) is 0 Å². The predicted octanol–water partition coefficient (Wildman–Crippen LogP) is -2.73. The first-order chi connectivity index (χ1) is 49.7. The number of carbonyl (C=O) groups is 14. The van der Waals surface area contributed by atoms with Crippen LogP contribution in [0.5, 0.6) is 0 Å². The zero-order valence-electron chi connectivity index (χ0n) is 61.0. The molecule has 3 aliphatic heterocycles. The van der Waals surface area contributed by atoms with Crippen molar-refractivity contribution < 1.29 is 97.4 Å². The number of aliphatic hydroxyl groups excluding tert-OH is 5. The molecule has 3 heterocycles. The van der Waals surface area contributed by atoms with Gasteiger partial charge in [-0.05, 0) is 102 Å². The van der Waals surface area contributed by atoms with Gasteiger partial charge in [0.2, 0.25) is 59.1 Å². The third-order valence-corrected chi connectivity index (χ3v) is 18.3. The molecular weight excluding hydrogens is 1370 g/mol. The highest BCUT2D eigenvalue weighted by Crippen LogP contribution is 2.26. The van der Waals surface area contributed by atoms with Crippen LogP contribution in [0, 0.1) is 11.8 Å². The second-order valence-electron chi connectivity index (χ2n) is 27.5. The molecule has 0 spiro atoms. The fourth-order valence-electron chi connectivity index (χ4n) is 12.4. The van der Waals surface area contributed by atoms with Crippen LogP contribution in [0.1, 0.15) is 137 Å². The van der Waals surface area contributed by atoms with Crippen molar-refractivity contribution >= 4 is 82.8 Å². The van der Waals surface area contributed by atoms with E-state index in [1.54, 1.807) is 88.4 Å². The SMILES string of the molecule is CC=C1NC(=O)[C@H](CO)NC(=O)/C(=C/C)NC(=O)[C@H](Cc2ccccc2)NC(=O)[C@@H]2CCCN2C(=O)CNC(=O)[C@H](CCC(N)=O)NC(=O)C(O)C(C[C@H](CC(O)C(O)CC(C)C)OC(=O)[C@H](CC(C)C)N(C)C(C)=O)NC(=O)[C@@H]2CCCN2C(=O)[C@H](CCc2ccccc2)NC(=O)C(C(C)O)NC1=O. The Morgan fingerprint density at radius 1 is 0.619 bits per heavy atom. The van der Waals surface area contributed by atoms with E-state index in [1.165, 1.54) is 27.8 Å². The molecular formula is C72H105N13O20. The fourth-order valence-corrected chi connectivity index (χ4v) is 12.4. The van der Waals surface area contributed by atoms with Crippen LogP contribution in [0.25, 0.3) is 0 Å². The molecule has 0 radical (unpaired) electrons. The Balaban J connectivity index is 1.65. The third kappa shape index (κ3) is 26.1. The maximum Gasteiger partial charge on any atom is 0.329 e. The summed E-state index contributed by atoms with van der Waals surface area (Å²) in [4.78, 5) is 202. The van der Waals surface area contributed by atoms with E-state index in [9.17, 15) is 83.1 Å². The third-order valence-electron chi connectivity index (χ3n) is 18.3. The summed E-state index contributed by atoms with van der Waals surface area (Å²) in [7, 11) is 1.36. The summed E-state index contributed by atoms with van der Waals surface area (Å²) in [5, 5.41) is 78.8. The largest absolute Gasteiger partial charge is 0.461 e. The number of hydrogen-bond acceptors (Lipinski definition) is 20. The number of nitrogens with one attached hydrogen (secondary N) is 9. The summed E-state index contributed by atoms with van der Waals surface area (Å²) in [6.45, 7) is 10.1. The van der Waals surface area contributed by atoms with E-state index < -0.39 is 218 Å². The summed E-state index contributed by atoms with van der Waals surface area (Å²) in [6.07, 6.45) is -8.89. The Kier molecular flexibility index (Phi) is 34.1. The number of primary amides is 1. The lowest BCUT2D eigenvalue weighted by molar-refractivity contribution is -0.162. The Hall–Kier alpha value is -9.70. The number of ether oxygens (including phenoxy) is 1. The number of esters is 1. The summed E-state index contributed by atoms with van der Waals surface area (Å²) in [6, 6.07) is 2.65. The lowest BCUT2D eigenvalue weighted by Crippen LogP contribution is -2.61. The van der Waals surface area contributed by atoms with Crippen LogP contribution >= 0.6 is 0 Å². The summed E-state index contributed by atoms with van der Waals surface area (Å²) < 4.78 is 6.07. The van der Waals surface area contributed by atoms with E-state index >= 15 is 9.59 Å². The van der Waals surface area contributed by atoms with Crippen LogP contribution in [0.15, 0.2) is 84.2 Å². The molecule has 578 valence electrons. The first kappa shape index (κ1) is 85.9. The molecule has 2 aromatic carbocycles. The van der Waals surface area contributed by atoms with Gasteiger partial charge in [0.1, 0.15) is 65.8 Å². The first-order valence-electron chi connectivity index (χ1n) is 35.5. The number of amides is 13. The number of nitrogens with two attached hydrogens (primary N) is 1. The van der Waals surface area contributed by atoms with Crippen LogP contribution in [0.4, 0.5) is 0 Å². The number of hydrogen-bond donors (Lipinski definition) is 15. The van der Waals surface area contributed by atoms with E-state index in [-0.39, 0.29) is 82.7 Å². The molecule has 3 aliphatic rings. The van der Waals surface area contributed by atoms with Crippen molar-refractivity contribution in [3.63, 3.8) is 0 Å². The minimum Gasteiger partial charge on any atom is -0.461 e. The van der Waals surface area contributed by atoms with Crippen molar-refractivity contribution in [1.29, 1.82) is 0 Å². The molecule has 5 rings (SSSR count). The summed E-state index contributed by atoms with van der Waals surface area (Å²) >= 11 is 0. The Bertz CT molecular complexity index is 3450. The molecule has 13 amide bonds. The van der Waals surface area contributed by atoms with Crippen molar-refractivity contribution in [1.82, 2.24) is 62.6 Å². The van der Waals surface area contributed by atoms with Crippen LogP contribution < -0.4 is 53.6 Å². The first-order valence-corrected chi connectivity index (χ1v) is 35.5. The maximum atomic E-state index is 15.2. The molecule has 105 heavy (non-hydrogen) atoms. The van der Waals surface area contributed by atoms with Gasteiger partial charge in [0.15, 0.2) is 6.10 Å². The number of likely N-dealkylation sites (N-methyl/N-ethyl adjacent to an activating group) is 1. The highest BCUT2D eigenvalue weighted by Gasteiger charge is 2.44. The molecule has 6 unspecified atom stereocenters. The van der Waals surface area contributed by atoms with Gasteiger partial charge in [0.05, 0.1) is 37.5 Å². The Morgan fingerprint density at radius 2 is 1.14 bits per heavy atom. The van der Waals surface area contributed by atoms with E-state index in [2.05, 4.69) is 47.9 Å². The van der Waals surface area contributed by atoms with Gasteiger partial charge in [0, 0.05) is 52.7 Å². The number of fused-ring (bicyclic) bond motifs is 2. The highest BCUT2D eigenvalue weighted by atomic mass is 16.5. The van der Waals surface area contributed by atoms with Crippen molar-refractivity contribution in [2.24, 2.45) is 17.6 Å². The standard InChI is InChI=1S/C72H105N13O20/c1-10-46-63(95)81-52(38-86)66(98)76-47(11-2)64(96)82-60(41(7)87)69(101)78-49(27-26-43-20-14-12-15-21-43)71(103)85-31-19-25-54(85)68(100)79-50(35-45(36-57(90)56(89)33-40(5)6)105-72(104)55(32-39(3)4)83(9)42(8)88)61(93)70(102)77-48(28-29-58(73)91)62(94)74-37-59(92)84-30-18-24-53(84)67(99)80-51(65(97)75-46)34-44-22-16-13-17-23-44/h10-17,20-23,39-41,45,48-57,60-61,86-87,89-90,93H,18-19,24-38H2,1-9H3,(H2,73,91)(H,74,94)(H,75,97)(H,76,98)(H,77,102)(H,78,101)(H,79,100)(H,80,99)(H,81,95)(H,82,96)/b46-10-,47-11?/t41?,45-,48+,49+,50?,51+,52+,53+,54+,55+,56?,57?,60?,61?/m1/s1. The van der Waals surface area contributed by atoms with Crippen LogP contribution in [-0.4, -0.2) is 241 Å². The van der Waals surface area contributed by atoms with Gasteiger partial charge in [-0.1, -0.05) is 101 Å². The van der Waals surface area contributed by atoms with E-state index in [4.69, 9.17) is 10.5 Å². The molecule has 2 aromatic rings. The van der Waals surface area contributed by atoms with Crippen molar-refractivity contribution in [3.05, 3.63) is 95.3 Å². The zero-order chi connectivity index (χ0) is 77.9. The molecule has 0 saturated carbocycles. The van der Waals surface area contributed by atoms with E-state index in [1.807, 2.05) is 0 Å². The van der Waals surface area contributed by atoms with Crippen molar-refractivity contribution in [2.75, 3.05) is 33.3 Å². The second kappa shape index (κ2) is 41.7.